The SMILES string of the molecule is CN=C(NCCN1C(=O)C2C3C=CC(C3)C2C1=O)NCc1cccc(C)c1.I. The number of aryl methyl sites for hydroxylation is 1. The van der Waals surface area contributed by atoms with E-state index in [1.54, 1.807) is 7.05 Å². The van der Waals surface area contributed by atoms with Crippen LogP contribution in [0, 0.1) is 30.6 Å². The van der Waals surface area contributed by atoms with Crippen LogP contribution in [0.15, 0.2) is 41.4 Å². The number of nitrogens with zero attached hydrogens (tertiary/aromatic N) is 2. The van der Waals surface area contributed by atoms with Crippen LogP contribution in [0.25, 0.3) is 0 Å². The van der Waals surface area contributed by atoms with Gasteiger partial charge in [-0.05, 0) is 30.7 Å². The van der Waals surface area contributed by atoms with E-state index in [0.29, 0.717) is 25.6 Å². The third-order valence-electron chi connectivity index (χ3n) is 5.96. The maximum Gasteiger partial charge on any atom is 0.233 e. The smallest absolute Gasteiger partial charge is 0.233 e. The van der Waals surface area contributed by atoms with Gasteiger partial charge in [0.25, 0.3) is 0 Å². The number of aliphatic imine (C=N–C) groups is 1. The van der Waals surface area contributed by atoms with Gasteiger partial charge in [0.05, 0.1) is 11.8 Å². The van der Waals surface area contributed by atoms with E-state index in [1.807, 2.05) is 6.07 Å². The van der Waals surface area contributed by atoms with Gasteiger partial charge in [-0.2, -0.15) is 0 Å². The van der Waals surface area contributed by atoms with Crippen LogP contribution in [-0.2, 0) is 16.1 Å². The Morgan fingerprint density at radius 3 is 2.43 bits per heavy atom. The van der Waals surface area contributed by atoms with E-state index in [2.05, 4.69) is 52.9 Å². The average Bonchev–Trinajstić information content (AvgIpc) is 3.34. The summed E-state index contributed by atoms with van der Waals surface area (Å²) in [5.74, 6) is 0.962. The summed E-state index contributed by atoms with van der Waals surface area (Å²) in [7, 11) is 1.71. The first-order valence-corrected chi connectivity index (χ1v) is 9.62. The lowest BCUT2D eigenvalue weighted by Crippen LogP contribution is -2.43. The van der Waals surface area contributed by atoms with Crippen molar-refractivity contribution in [2.24, 2.45) is 28.7 Å². The molecule has 7 heteroatoms. The Bertz CT molecular complexity index is 792. The molecule has 0 radical (unpaired) electrons. The van der Waals surface area contributed by atoms with Crippen molar-refractivity contribution in [2.75, 3.05) is 20.1 Å². The monoisotopic (exact) mass is 494 g/mol. The van der Waals surface area contributed by atoms with E-state index < -0.39 is 0 Å². The molecule has 2 N–H and O–H groups in total. The molecule has 1 saturated carbocycles. The van der Waals surface area contributed by atoms with Crippen LogP contribution in [0.4, 0.5) is 0 Å². The van der Waals surface area contributed by atoms with E-state index in [9.17, 15) is 9.59 Å². The van der Waals surface area contributed by atoms with Crippen LogP contribution >= 0.6 is 24.0 Å². The highest BCUT2D eigenvalue weighted by molar-refractivity contribution is 14.0. The fraction of sp³-hybridized carbons (Fsp3) is 0.476. The Kier molecular flexibility index (Phi) is 6.42. The van der Waals surface area contributed by atoms with Crippen LogP contribution in [-0.4, -0.2) is 42.8 Å². The van der Waals surface area contributed by atoms with Crippen molar-refractivity contribution in [2.45, 2.75) is 19.9 Å². The Morgan fingerprint density at radius 1 is 1.14 bits per heavy atom. The summed E-state index contributed by atoms with van der Waals surface area (Å²) in [6, 6.07) is 8.29. The molecule has 0 aromatic heterocycles. The fourth-order valence-electron chi connectivity index (χ4n) is 4.70. The number of hydrogen-bond donors (Lipinski definition) is 2. The normalized spacial score (nSPS) is 27.8. The molecular weight excluding hydrogens is 467 g/mol. The first kappa shape index (κ1) is 20.8. The quantitative estimate of drug-likeness (QED) is 0.216. The molecule has 1 aromatic rings. The predicted molar refractivity (Wildman–Crippen MR) is 119 cm³/mol. The van der Waals surface area contributed by atoms with E-state index in [1.165, 1.54) is 16.0 Å². The molecule has 6 nitrogen and oxygen atoms in total. The summed E-state index contributed by atoms with van der Waals surface area (Å²) in [4.78, 5) is 31.0. The van der Waals surface area contributed by atoms with Crippen molar-refractivity contribution in [1.29, 1.82) is 0 Å². The Balaban J connectivity index is 0.00000225. The van der Waals surface area contributed by atoms with Crippen LogP contribution in [0.5, 0.6) is 0 Å². The highest BCUT2D eigenvalue weighted by atomic mass is 127. The number of halogens is 1. The van der Waals surface area contributed by atoms with Gasteiger partial charge < -0.3 is 10.6 Å². The zero-order valence-electron chi connectivity index (χ0n) is 16.2. The van der Waals surface area contributed by atoms with E-state index >= 15 is 0 Å². The standard InChI is InChI=1S/C21H26N4O2.HI/c1-13-4-3-5-14(10-13)12-24-21(22-2)23-8-9-25-19(26)17-15-6-7-16(11-15)18(17)20(25)27;/h3-7,10,15-18H,8-9,11-12H2,1-2H3,(H2,22,23,24);1H. The number of amides is 2. The van der Waals surface area contributed by atoms with Gasteiger partial charge >= 0.3 is 0 Å². The minimum Gasteiger partial charge on any atom is -0.355 e. The van der Waals surface area contributed by atoms with Crippen molar-refractivity contribution in [1.82, 2.24) is 15.5 Å². The van der Waals surface area contributed by atoms with Crippen LogP contribution in [0.2, 0.25) is 0 Å². The first-order chi connectivity index (χ1) is 13.1. The molecule has 150 valence electrons. The number of guanidine groups is 1. The number of carbonyl (C=O) groups is 2. The summed E-state index contributed by atoms with van der Waals surface area (Å²) in [5.41, 5.74) is 2.40. The number of fused-ring (bicyclic) bond motifs is 5. The third-order valence-corrected chi connectivity index (χ3v) is 5.96. The zero-order chi connectivity index (χ0) is 19.0. The van der Waals surface area contributed by atoms with Crippen LogP contribution in [0.1, 0.15) is 17.5 Å². The minimum atomic E-state index is -0.119. The molecule has 28 heavy (non-hydrogen) atoms. The average molecular weight is 494 g/mol. The summed E-state index contributed by atoms with van der Waals surface area (Å²) in [6.07, 6.45) is 5.21. The van der Waals surface area contributed by atoms with E-state index in [-0.39, 0.29) is 59.5 Å². The lowest BCUT2D eigenvalue weighted by atomic mass is 9.85. The minimum absolute atomic E-state index is 0. The molecule has 2 amide bonds. The van der Waals surface area contributed by atoms with Crippen molar-refractivity contribution in [3.63, 3.8) is 0 Å². The molecule has 1 heterocycles. The molecule has 2 fully saturated rings. The molecule has 4 atom stereocenters. The molecule has 2 bridgehead atoms. The lowest BCUT2D eigenvalue weighted by molar-refractivity contribution is -0.140. The lowest BCUT2D eigenvalue weighted by Gasteiger charge is -2.18. The summed E-state index contributed by atoms with van der Waals surface area (Å²) >= 11 is 0. The van der Waals surface area contributed by atoms with Gasteiger partial charge in [0.15, 0.2) is 5.96 Å². The molecule has 4 unspecified atom stereocenters. The molecule has 4 rings (SSSR count). The van der Waals surface area contributed by atoms with Gasteiger partial charge in [0.1, 0.15) is 0 Å². The molecule has 0 spiro atoms. The van der Waals surface area contributed by atoms with Gasteiger partial charge in [0.2, 0.25) is 11.8 Å². The number of imide groups is 1. The molecule has 3 aliphatic rings. The second-order valence-electron chi connectivity index (χ2n) is 7.67. The molecule has 1 saturated heterocycles. The number of nitrogens with one attached hydrogen (secondary N) is 2. The van der Waals surface area contributed by atoms with Crippen molar-refractivity contribution < 1.29 is 9.59 Å². The second kappa shape index (κ2) is 8.63. The van der Waals surface area contributed by atoms with Gasteiger partial charge in [0, 0.05) is 26.7 Å². The highest BCUT2D eigenvalue weighted by Gasteiger charge is 2.58. The molecular formula is C21H27IN4O2. The fourth-order valence-corrected chi connectivity index (χ4v) is 4.70. The zero-order valence-corrected chi connectivity index (χ0v) is 18.6. The topological polar surface area (TPSA) is 73.8 Å². The van der Waals surface area contributed by atoms with E-state index in [0.717, 1.165) is 6.42 Å². The highest BCUT2D eigenvalue weighted by Crippen LogP contribution is 2.52. The van der Waals surface area contributed by atoms with E-state index in [4.69, 9.17) is 0 Å². The van der Waals surface area contributed by atoms with Crippen molar-refractivity contribution >= 4 is 41.8 Å². The Morgan fingerprint density at radius 2 is 1.82 bits per heavy atom. The van der Waals surface area contributed by atoms with Crippen molar-refractivity contribution in [3.05, 3.63) is 47.5 Å². The van der Waals surface area contributed by atoms with Crippen molar-refractivity contribution in [3.8, 4) is 0 Å². The van der Waals surface area contributed by atoms with Gasteiger partial charge in [-0.1, -0.05) is 42.0 Å². The molecule has 2 aliphatic carbocycles. The Labute approximate surface area is 182 Å². The second-order valence-corrected chi connectivity index (χ2v) is 7.67. The van der Waals surface area contributed by atoms with Gasteiger partial charge in [-0.3, -0.25) is 19.5 Å². The molecule has 1 aliphatic heterocycles. The van der Waals surface area contributed by atoms with Gasteiger partial charge in [-0.25, -0.2) is 0 Å². The number of allylic oxidation sites excluding steroid dienone is 2. The maximum absolute atomic E-state index is 12.7. The predicted octanol–water partition coefficient (Wildman–Crippen LogP) is 2.09. The number of likely N-dealkylation sites (tertiary alicyclic amines) is 1. The summed E-state index contributed by atoms with van der Waals surface area (Å²) < 4.78 is 0. The first-order valence-electron chi connectivity index (χ1n) is 9.62. The van der Waals surface area contributed by atoms with Crippen LogP contribution < -0.4 is 10.6 Å². The van der Waals surface area contributed by atoms with Gasteiger partial charge in [-0.15, -0.1) is 24.0 Å². The number of carbonyl (C=O) groups excluding carboxylic acids is 2. The largest absolute Gasteiger partial charge is 0.355 e. The van der Waals surface area contributed by atoms with Crippen LogP contribution in [0.3, 0.4) is 0 Å². The number of benzene rings is 1. The third kappa shape index (κ3) is 3.81. The molecule has 1 aromatic carbocycles. The maximum atomic E-state index is 12.7. The Hall–Kier alpha value is -1.90. The number of rotatable bonds is 5. The summed E-state index contributed by atoms with van der Waals surface area (Å²) in [5, 5.41) is 6.47. The summed E-state index contributed by atoms with van der Waals surface area (Å²) in [6.45, 7) is 3.61. The number of hydrogen-bond acceptors (Lipinski definition) is 3.